The van der Waals surface area contributed by atoms with Crippen LogP contribution >= 0.6 is 0 Å². The number of nitrogens with zero attached hydrogens (tertiary/aromatic N) is 1. The highest BCUT2D eigenvalue weighted by atomic mass is 32.2. The topological polar surface area (TPSA) is 72.9 Å². The number of sulfonamides is 1. The van der Waals surface area contributed by atoms with Gasteiger partial charge in [0.1, 0.15) is 12.4 Å². The van der Waals surface area contributed by atoms with Crippen LogP contribution in [0.2, 0.25) is 0 Å². The lowest BCUT2D eigenvalue weighted by Gasteiger charge is -2.19. The molecule has 144 valence electrons. The highest BCUT2D eigenvalue weighted by Gasteiger charge is 2.24. The van der Waals surface area contributed by atoms with Gasteiger partial charge < -0.3 is 9.47 Å². The normalized spacial score (nSPS) is 11.3. The fourth-order valence-electron chi connectivity index (χ4n) is 2.52. The summed E-state index contributed by atoms with van der Waals surface area (Å²) in [6.45, 7) is 5.82. The molecule has 0 aliphatic rings. The van der Waals surface area contributed by atoms with Crippen molar-refractivity contribution in [3.8, 4) is 5.75 Å². The van der Waals surface area contributed by atoms with Gasteiger partial charge in [-0.15, -0.1) is 0 Å². The lowest BCUT2D eigenvalue weighted by Crippen LogP contribution is -2.27. The standard InChI is InChI=1S/C20H23NO5S/c1-5-11-26-18-8-6-7-16(12-18)14-21(3)27(23,24)19-13-17(20(22)25-4)10-9-15(19)2/h5-10,12-13H,1,11,14H2,2-4H3. The van der Waals surface area contributed by atoms with E-state index >= 15 is 0 Å². The largest absolute Gasteiger partial charge is 0.490 e. The molecule has 0 aliphatic carbocycles. The predicted octanol–water partition coefficient (Wildman–Crippen LogP) is 3.17. The first-order valence-corrected chi connectivity index (χ1v) is 9.71. The first-order valence-electron chi connectivity index (χ1n) is 8.27. The zero-order valence-corrected chi connectivity index (χ0v) is 16.5. The monoisotopic (exact) mass is 389 g/mol. The molecule has 0 aliphatic heterocycles. The van der Waals surface area contributed by atoms with Gasteiger partial charge >= 0.3 is 5.97 Å². The molecule has 0 saturated heterocycles. The molecule has 0 atom stereocenters. The van der Waals surface area contributed by atoms with Gasteiger partial charge in [0.25, 0.3) is 0 Å². The van der Waals surface area contributed by atoms with Crippen molar-refractivity contribution in [2.45, 2.75) is 18.4 Å². The summed E-state index contributed by atoms with van der Waals surface area (Å²) in [5, 5.41) is 0. The summed E-state index contributed by atoms with van der Waals surface area (Å²) in [7, 11) is -1.04. The zero-order valence-electron chi connectivity index (χ0n) is 15.6. The van der Waals surface area contributed by atoms with Gasteiger partial charge in [0.2, 0.25) is 10.0 Å². The van der Waals surface area contributed by atoms with E-state index < -0.39 is 16.0 Å². The summed E-state index contributed by atoms with van der Waals surface area (Å²) in [6.07, 6.45) is 1.64. The van der Waals surface area contributed by atoms with Crippen LogP contribution in [-0.2, 0) is 21.3 Å². The summed E-state index contributed by atoms with van der Waals surface area (Å²) < 4.78 is 37.4. The molecule has 0 amide bonds. The van der Waals surface area contributed by atoms with E-state index in [-0.39, 0.29) is 17.0 Å². The Balaban J connectivity index is 2.29. The second-order valence-electron chi connectivity index (χ2n) is 5.98. The molecular formula is C20H23NO5S. The maximum absolute atomic E-state index is 13.0. The molecule has 0 bridgehead atoms. The maximum Gasteiger partial charge on any atom is 0.337 e. The first kappa shape index (κ1) is 20.7. The van der Waals surface area contributed by atoms with Crippen molar-refractivity contribution < 1.29 is 22.7 Å². The van der Waals surface area contributed by atoms with E-state index in [2.05, 4.69) is 11.3 Å². The Morgan fingerprint density at radius 3 is 2.63 bits per heavy atom. The molecule has 0 radical (unpaired) electrons. The minimum Gasteiger partial charge on any atom is -0.490 e. The number of esters is 1. The average Bonchev–Trinajstić information content (AvgIpc) is 2.66. The number of carbonyl (C=O) groups excluding carboxylic acids is 1. The highest BCUT2D eigenvalue weighted by molar-refractivity contribution is 7.89. The number of rotatable bonds is 8. The molecule has 2 rings (SSSR count). The minimum atomic E-state index is -3.79. The van der Waals surface area contributed by atoms with Gasteiger partial charge in [0.05, 0.1) is 17.6 Å². The van der Waals surface area contributed by atoms with Gasteiger partial charge in [-0.2, -0.15) is 4.31 Å². The molecule has 0 saturated carbocycles. The lowest BCUT2D eigenvalue weighted by atomic mass is 10.1. The number of ether oxygens (including phenoxy) is 2. The van der Waals surface area contributed by atoms with Gasteiger partial charge in [-0.25, -0.2) is 13.2 Å². The number of benzene rings is 2. The molecule has 7 heteroatoms. The molecule has 0 heterocycles. The molecule has 0 fully saturated rings. The first-order chi connectivity index (χ1) is 12.8. The predicted molar refractivity (Wildman–Crippen MR) is 103 cm³/mol. The summed E-state index contributed by atoms with van der Waals surface area (Å²) in [5.41, 5.74) is 1.52. The number of aryl methyl sites for hydroxylation is 1. The van der Waals surface area contributed by atoms with E-state index in [9.17, 15) is 13.2 Å². The van der Waals surface area contributed by atoms with Gasteiger partial charge in [-0.05, 0) is 42.3 Å². The third-order valence-corrected chi connectivity index (χ3v) is 5.91. The molecule has 0 unspecified atom stereocenters. The van der Waals surface area contributed by atoms with Gasteiger partial charge in [0.15, 0.2) is 0 Å². The summed E-state index contributed by atoms with van der Waals surface area (Å²) in [5.74, 6) is 0.0586. The van der Waals surface area contributed by atoms with Crippen LogP contribution < -0.4 is 4.74 Å². The van der Waals surface area contributed by atoms with E-state index in [1.165, 1.54) is 24.5 Å². The van der Waals surface area contributed by atoms with Crippen molar-refractivity contribution in [2.75, 3.05) is 20.8 Å². The number of methoxy groups -OCH3 is 1. The Hall–Kier alpha value is -2.64. The third kappa shape index (κ3) is 4.96. The third-order valence-electron chi connectivity index (χ3n) is 3.97. The van der Waals surface area contributed by atoms with Crippen molar-refractivity contribution >= 4 is 16.0 Å². The van der Waals surface area contributed by atoms with Crippen LogP contribution in [0.4, 0.5) is 0 Å². The molecule has 0 spiro atoms. The molecule has 27 heavy (non-hydrogen) atoms. The van der Waals surface area contributed by atoms with Gasteiger partial charge in [0, 0.05) is 13.6 Å². The Morgan fingerprint density at radius 1 is 1.22 bits per heavy atom. The Labute approximate surface area is 160 Å². The summed E-state index contributed by atoms with van der Waals surface area (Å²) in [6, 6.07) is 11.7. The van der Waals surface area contributed by atoms with Crippen molar-refractivity contribution in [3.05, 3.63) is 71.8 Å². The van der Waals surface area contributed by atoms with Crippen LogP contribution in [-0.4, -0.2) is 39.5 Å². The van der Waals surface area contributed by atoms with Crippen LogP contribution in [0.5, 0.6) is 5.75 Å². The zero-order chi connectivity index (χ0) is 20.0. The SMILES string of the molecule is C=CCOc1cccc(CN(C)S(=O)(=O)c2cc(C(=O)OC)ccc2C)c1. The molecule has 2 aromatic carbocycles. The van der Waals surface area contributed by atoms with E-state index in [1.54, 1.807) is 43.3 Å². The summed E-state index contributed by atoms with van der Waals surface area (Å²) in [4.78, 5) is 11.8. The molecular weight excluding hydrogens is 366 g/mol. The quantitative estimate of drug-likeness (QED) is 0.512. The van der Waals surface area contributed by atoms with Crippen LogP contribution in [0.1, 0.15) is 21.5 Å². The van der Waals surface area contributed by atoms with Crippen molar-refractivity contribution in [1.29, 1.82) is 0 Å². The maximum atomic E-state index is 13.0. The Bertz CT molecular complexity index is 937. The van der Waals surface area contributed by atoms with Crippen LogP contribution in [0, 0.1) is 6.92 Å². The van der Waals surface area contributed by atoms with Crippen LogP contribution in [0.25, 0.3) is 0 Å². The second kappa shape index (κ2) is 8.83. The van der Waals surface area contributed by atoms with E-state index in [0.29, 0.717) is 17.9 Å². The summed E-state index contributed by atoms with van der Waals surface area (Å²) >= 11 is 0. The van der Waals surface area contributed by atoms with Crippen LogP contribution in [0.15, 0.2) is 60.0 Å². The van der Waals surface area contributed by atoms with E-state index in [4.69, 9.17) is 4.74 Å². The van der Waals surface area contributed by atoms with Crippen molar-refractivity contribution in [3.63, 3.8) is 0 Å². The average molecular weight is 389 g/mol. The molecule has 0 N–H and O–H groups in total. The lowest BCUT2D eigenvalue weighted by molar-refractivity contribution is 0.0600. The Morgan fingerprint density at radius 2 is 1.96 bits per heavy atom. The van der Waals surface area contributed by atoms with E-state index in [1.807, 2.05) is 6.07 Å². The molecule has 2 aromatic rings. The van der Waals surface area contributed by atoms with Gasteiger partial charge in [-0.3, -0.25) is 0 Å². The minimum absolute atomic E-state index is 0.0759. The van der Waals surface area contributed by atoms with Crippen LogP contribution in [0.3, 0.4) is 0 Å². The van der Waals surface area contributed by atoms with Crippen molar-refractivity contribution in [2.24, 2.45) is 0 Å². The van der Waals surface area contributed by atoms with E-state index in [0.717, 1.165) is 5.56 Å². The fourth-order valence-corrected chi connectivity index (χ4v) is 3.93. The van der Waals surface area contributed by atoms with Crippen molar-refractivity contribution in [1.82, 2.24) is 4.31 Å². The molecule has 6 nitrogen and oxygen atoms in total. The highest BCUT2D eigenvalue weighted by Crippen LogP contribution is 2.23. The Kier molecular flexibility index (Phi) is 6.76. The fraction of sp³-hybridized carbons (Fsp3) is 0.250. The second-order valence-corrected chi connectivity index (χ2v) is 7.99. The smallest absolute Gasteiger partial charge is 0.337 e. The number of carbonyl (C=O) groups is 1. The van der Waals surface area contributed by atoms with Gasteiger partial charge in [-0.1, -0.05) is 30.9 Å². The number of hydrogen-bond acceptors (Lipinski definition) is 5. The molecule has 0 aromatic heterocycles. The number of hydrogen-bond donors (Lipinski definition) is 0.